The largest absolute Gasteiger partial charge is 0.493 e. The van der Waals surface area contributed by atoms with Crippen LogP contribution in [0.15, 0.2) is 29.3 Å². The van der Waals surface area contributed by atoms with Crippen LogP contribution in [0.5, 0.6) is 5.75 Å². The highest BCUT2D eigenvalue weighted by atomic mass is 127. The summed E-state index contributed by atoms with van der Waals surface area (Å²) in [7, 11) is 1.80. The molecule has 2 N–H and O–H groups in total. The molecule has 0 unspecified atom stereocenters. The number of rotatable bonds is 9. The Kier molecular flexibility index (Phi) is 12.4. The molecule has 1 heterocycles. The summed E-state index contributed by atoms with van der Waals surface area (Å²) in [6.07, 6.45) is 1.06. The molecule has 1 aliphatic heterocycles. The number of halogens is 1. The minimum atomic E-state index is 0. The van der Waals surface area contributed by atoms with Gasteiger partial charge < -0.3 is 20.1 Å². The highest BCUT2D eigenvalue weighted by Gasteiger charge is 2.10. The van der Waals surface area contributed by atoms with E-state index in [2.05, 4.69) is 40.4 Å². The maximum atomic E-state index is 5.96. The molecule has 1 fully saturated rings. The normalized spacial score (nSPS) is 15.3. The lowest BCUT2D eigenvalue weighted by Crippen LogP contribution is -2.44. The molecule has 0 saturated carbocycles. The molecular weight excluding hydrogens is 455 g/mol. The SMILES string of the molecule is CN=C(NCCN1CCOCC1)NCc1ccccc1OCCC(C)C.I. The third-order valence-electron chi connectivity index (χ3n) is 4.42. The quantitative estimate of drug-likeness (QED) is 0.317. The number of morpholine rings is 1. The van der Waals surface area contributed by atoms with E-state index in [1.165, 1.54) is 0 Å². The van der Waals surface area contributed by atoms with Crippen LogP contribution in [0.4, 0.5) is 0 Å². The van der Waals surface area contributed by atoms with Gasteiger partial charge in [0.15, 0.2) is 5.96 Å². The van der Waals surface area contributed by atoms with Crippen LogP contribution in [-0.4, -0.2) is 63.9 Å². The number of para-hydroxylation sites is 1. The van der Waals surface area contributed by atoms with Gasteiger partial charge in [-0.3, -0.25) is 9.89 Å². The molecule has 154 valence electrons. The van der Waals surface area contributed by atoms with Gasteiger partial charge >= 0.3 is 0 Å². The van der Waals surface area contributed by atoms with E-state index in [0.29, 0.717) is 12.5 Å². The molecule has 7 heteroatoms. The van der Waals surface area contributed by atoms with E-state index in [0.717, 1.165) is 69.7 Å². The molecule has 0 spiro atoms. The van der Waals surface area contributed by atoms with Gasteiger partial charge in [-0.2, -0.15) is 0 Å². The van der Waals surface area contributed by atoms with E-state index in [9.17, 15) is 0 Å². The maximum absolute atomic E-state index is 5.96. The zero-order chi connectivity index (χ0) is 18.6. The Balaban J connectivity index is 0.00000364. The van der Waals surface area contributed by atoms with Crippen molar-refractivity contribution in [2.24, 2.45) is 10.9 Å². The predicted molar refractivity (Wildman–Crippen MR) is 122 cm³/mol. The first kappa shape index (κ1) is 24.0. The Labute approximate surface area is 181 Å². The summed E-state index contributed by atoms with van der Waals surface area (Å²) in [5.41, 5.74) is 1.15. The number of guanidine groups is 1. The Morgan fingerprint density at radius 2 is 1.96 bits per heavy atom. The monoisotopic (exact) mass is 490 g/mol. The van der Waals surface area contributed by atoms with Gasteiger partial charge in [0.1, 0.15) is 5.75 Å². The van der Waals surface area contributed by atoms with Crippen molar-refractivity contribution in [3.05, 3.63) is 29.8 Å². The molecule has 0 aliphatic carbocycles. The summed E-state index contributed by atoms with van der Waals surface area (Å²) in [5.74, 6) is 2.41. The van der Waals surface area contributed by atoms with Gasteiger partial charge in [-0.05, 0) is 18.4 Å². The van der Waals surface area contributed by atoms with Crippen molar-refractivity contribution in [2.75, 3.05) is 53.0 Å². The fraction of sp³-hybridized carbons (Fsp3) is 0.650. The lowest BCUT2D eigenvalue weighted by Gasteiger charge is -2.26. The number of aliphatic imine (C=N–C) groups is 1. The molecule has 0 bridgehead atoms. The van der Waals surface area contributed by atoms with Gasteiger partial charge in [0.2, 0.25) is 0 Å². The summed E-state index contributed by atoms with van der Waals surface area (Å²) in [6.45, 7) is 11.4. The Hall–Kier alpha value is -1.06. The molecule has 0 amide bonds. The molecule has 6 nitrogen and oxygen atoms in total. The first-order valence-electron chi connectivity index (χ1n) is 9.64. The van der Waals surface area contributed by atoms with E-state index in [1.54, 1.807) is 7.05 Å². The van der Waals surface area contributed by atoms with Crippen LogP contribution in [0.3, 0.4) is 0 Å². The lowest BCUT2D eigenvalue weighted by atomic mass is 10.1. The third-order valence-corrected chi connectivity index (χ3v) is 4.42. The van der Waals surface area contributed by atoms with Crippen molar-refractivity contribution in [1.29, 1.82) is 0 Å². The van der Waals surface area contributed by atoms with Gasteiger partial charge in [-0.1, -0.05) is 32.0 Å². The van der Waals surface area contributed by atoms with Crippen molar-refractivity contribution in [3.8, 4) is 5.75 Å². The van der Waals surface area contributed by atoms with Gasteiger partial charge in [-0.25, -0.2) is 0 Å². The molecule has 0 aromatic heterocycles. The zero-order valence-corrected chi connectivity index (χ0v) is 19.2. The van der Waals surface area contributed by atoms with Crippen molar-refractivity contribution in [1.82, 2.24) is 15.5 Å². The smallest absolute Gasteiger partial charge is 0.191 e. The Morgan fingerprint density at radius 3 is 2.67 bits per heavy atom. The molecule has 27 heavy (non-hydrogen) atoms. The number of nitrogens with one attached hydrogen (secondary N) is 2. The van der Waals surface area contributed by atoms with Gasteiger partial charge in [0.05, 0.1) is 19.8 Å². The fourth-order valence-corrected chi connectivity index (χ4v) is 2.75. The van der Waals surface area contributed by atoms with Crippen molar-refractivity contribution in [2.45, 2.75) is 26.8 Å². The molecule has 0 atom stereocenters. The minimum absolute atomic E-state index is 0. The van der Waals surface area contributed by atoms with E-state index >= 15 is 0 Å². The molecule has 1 aromatic carbocycles. The first-order chi connectivity index (χ1) is 12.7. The molecule has 1 saturated heterocycles. The highest BCUT2D eigenvalue weighted by Crippen LogP contribution is 2.18. The number of hydrogen-bond acceptors (Lipinski definition) is 4. The summed E-state index contributed by atoms with van der Waals surface area (Å²) in [6, 6.07) is 8.19. The minimum Gasteiger partial charge on any atom is -0.493 e. The number of ether oxygens (including phenoxy) is 2. The van der Waals surface area contributed by atoms with E-state index in [1.807, 2.05) is 18.2 Å². The van der Waals surface area contributed by atoms with Crippen LogP contribution in [0.25, 0.3) is 0 Å². The van der Waals surface area contributed by atoms with Crippen LogP contribution in [0, 0.1) is 5.92 Å². The molecule has 0 radical (unpaired) electrons. The van der Waals surface area contributed by atoms with Crippen molar-refractivity contribution < 1.29 is 9.47 Å². The van der Waals surface area contributed by atoms with E-state index in [-0.39, 0.29) is 24.0 Å². The van der Waals surface area contributed by atoms with E-state index < -0.39 is 0 Å². The first-order valence-corrected chi connectivity index (χ1v) is 9.64. The fourth-order valence-electron chi connectivity index (χ4n) is 2.75. The average molecular weight is 490 g/mol. The number of nitrogens with zero attached hydrogens (tertiary/aromatic N) is 2. The lowest BCUT2D eigenvalue weighted by molar-refractivity contribution is 0.0389. The van der Waals surface area contributed by atoms with Gasteiger partial charge in [0.25, 0.3) is 0 Å². The number of hydrogen-bond donors (Lipinski definition) is 2. The second-order valence-corrected chi connectivity index (χ2v) is 6.95. The van der Waals surface area contributed by atoms with Gasteiger partial charge in [0, 0.05) is 45.3 Å². The molecular formula is C20H35IN4O2. The molecule has 1 aliphatic rings. The second-order valence-electron chi connectivity index (χ2n) is 6.95. The van der Waals surface area contributed by atoms with Crippen LogP contribution in [0.2, 0.25) is 0 Å². The van der Waals surface area contributed by atoms with Crippen LogP contribution >= 0.6 is 24.0 Å². The zero-order valence-electron chi connectivity index (χ0n) is 16.9. The second kappa shape index (κ2) is 14.0. The predicted octanol–water partition coefficient (Wildman–Crippen LogP) is 2.73. The standard InChI is InChI=1S/C20H34N4O2.HI/c1-17(2)8-13-26-19-7-5-4-6-18(19)16-23-20(21-3)22-9-10-24-11-14-25-15-12-24;/h4-7,17H,8-16H2,1-3H3,(H2,21,22,23);1H. The number of benzene rings is 1. The average Bonchev–Trinajstić information content (AvgIpc) is 2.66. The highest BCUT2D eigenvalue weighted by molar-refractivity contribution is 14.0. The van der Waals surface area contributed by atoms with Crippen molar-refractivity contribution >= 4 is 29.9 Å². The Morgan fingerprint density at radius 1 is 1.22 bits per heavy atom. The Bertz CT molecular complexity index is 549. The van der Waals surface area contributed by atoms with Crippen LogP contribution < -0.4 is 15.4 Å². The van der Waals surface area contributed by atoms with Crippen LogP contribution in [-0.2, 0) is 11.3 Å². The molecule has 2 rings (SSSR count). The van der Waals surface area contributed by atoms with Crippen LogP contribution in [0.1, 0.15) is 25.8 Å². The van der Waals surface area contributed by atoms with Gasteiger partial charge in [-0.15, -0.1) is 24.0 Å². The van der Waals surface area contributed by atoms with Crippen molar-refractivity contribution in [3.63, 3.8) is 0 Å². The maximum Gasteiger partial charge on any atom is 0.191 e. The molecule has 1 aromatic rings. The summed E-state index contributed by atoms with van der Waals surface area (Å²) < 4.78 is 11.3. The third kappa shape index (κ3) is 9.62. The summed E-state index contributed by atoms with van der Waals surface area (Å²) >= 11 is 0. The summed E-state index contributed by atoms with van der Waals surface area (Å²) in [4.78, 5) is 6.72. The van der Waals surface area contributed by atoms with E-state index in [4.69, 9.17) is 9.47 Å². The topological polar surface area (TPSA) is 58.1 Å². The summed E-state index contributed by atoms with van der Waals surface area (Å²) in [5, 5.41) is 6.76.